The second kappa shape index (κ2) is 8.53. The van der Waals surface area contributed by atoms with Crippen LogP contribution in [0.2, 0.25) is 0 Å². The highest BCUT2D eigenvalue weighted by molar-refractivity contribution is 14.0. The van der Waals surface area contributed by atoms with Crippen molar-refractivity contribution >= 4 is 29.9 Å². The van der Waals surface area contributed by atoms with Crippen LogP contribution in [0.4, 0.5) is 0 Å². The lowest BCUT2D eigenvalue weighted by Gasteiger charge is -2.35. The molecule has 0 aromatic rings. The van der Waals surface area contributed by atoms with Crippen molar-refractivity contribution in [3.63, 3.8) is 0 Å². The maximum atomic E-state index is 5.97. The molecule has 0 bridgehead atoms. The summed E-state index contributed by atoms with van der Waals surface area (Å²) in [7, 11) is 1.85. The van der Waals surface area contributed by atoms with E-state index < -0.39 is 0 Å². The van der Waals surface area contributed by atoms with E-state index in [0.29, 0.717) is 18.2 Å². The highest BCUT2D eigenvalue weighted by Gasteiger charge is 2.32. The van der Waals surface area contributed by atoms with Gasteiger partial charge in [-0.1, -0.05) is 12.8 Å². The molecule has 3 fully saturated rings. The normalized spacial score (nSPS) is 30.8. The standard InChI is InChI=1S/C15H28N4O.HI/c1-16-15(18-12-5-2-3-6-12)17-9-14-10-19-8-4-7-13(19)11-20-14;/h12-14H,2-11H2,1H3,(H2,16,17,18);1H. The zero-order chi connectivity index (χ0) is 13.8. The van der Waals surface area contributed by atoms with Crippen LogP contribution in [0, 0.1) is 0 Å². The Balaban J connectivity index is 0.00000161. The van der Waals surface area contributed by atoms with Crippen LogP contribution in [0.3, 0.4) is 0 Å². The molecule has 5 nitrogen and oxygen atoms in total. The topological polar surface area (TPSA) is 48.9 Å². The Morgan fingerprint density at radius 3 is 2.81 bits per heavy atom. The monoisotopic (exact) mass is 408 g/mol. The van der Waals surface area contributed by atoms with Gasteiger partial charge in [0, 0.05) is 32.2 Å². The Morgan fingerprint density at radius 1 is 1.24 bits per heavy atom. The number of hydrogen-bond acceptors (Lipinski definition) is 3. The zero-order valence-electron chi connectivity index (χ0n) is 13.0. The van der Waals surface area contributed by atoms with E-state index >= 15 is 0 Å². The molecular formula is C15H29IN4O. The van der Waals surface area contributed by atoms with E-state index in [9.17, 15) is 0 Å². The maximum absolute atomic E-state index is 5.97. The van der Waals surface area contributed by atoms with Crippen molar-refractivity contribution < 1.29 is 4.74 Å². The van der Waals surface area contributed by atoms with Gasteiger partial charge in [0.2, 0.25) is 0 Å². The van der Waals surface area contributed by atoms with E-state index in [4.69, 9.17) is 4.74 Å². The molecule has 1 aliphatic carbocycles. The van der Waals surface area contributed by atoms with Gasteiger partial charge in [0.1, 0.15) is 0 Å². The predicted molar refractivity (Wildman–Crippen MR) is 96.5 cm³/mol. The minimum Gasteiger partial charge on any atom is -0.373 e. The Hall–Kier alpha value is -0.0800. The third kappa shape index (κ3) is 4.69. The number of rotatable bonds is 3. The number of nitrogens with zero attached hydrogens (tertiary/aromatic N) is 2. The number of nitrogens with one attached hydrogen (secondary N) is 2. The highest BCUT2D eigenvalue weighted by Crippen LogP contribution is 2.22. The molecule has 2 unspecified atom stereocenters. The van der Waals surface area contributed by atoms with Gasteiger partial charge in [-0.05, 0) is 32.2 Å². The van der Waals surface area contributed by atoms with Crippen molar-refractivity contribution in [1.29, 1.82) is 0 Å². The lowest BCUT2D eigenvalue weighted by atomic mass is 10.2. The summed E-state index contributed by atoms with van der Waals surface area (Å²) in [6, 6.07) is 1.29. The number of halogens is 1. The van der Waals surface area contributed by atoms with Gasteiger partial charge < -0.3 is 15.4 Å². The molecular weight excluding hydrogens is 379 g/mol. The van der Waals surface area contributed by atoms with Crippen molar-refractivity contribution in [2.24, 2.45) is 4.99 Å². The van der Waals surface area contributed by atoms with Crippen LogP contribution in [0.25, 0.3) is 0 Å². The molecule has 2 saturated heterocycles. The van der Waals surface area contributed by atoms with Crippen molar-refractivity contribution in [2.45, 2.75) is 56.7 Å². The highest BCUT2D eigenvalue weighted by atomic mass is 127. The Labute approximate surface area is 145 Å². The minimum atomic E-state index is 0. The second-order valence-electron chi connectivity index (χ2n) is 6.33. The molecule has 3 aliphatic rings. The Kier molecular flexibility index (Phi) is 7.01. The molecule has 2 aliphatic heterocycles. The van der Waals surface area contributed by atoms with Crippen LogP contribution in [-0.2, 0) is 4.74 Å². The van der Waals surface area contributed by atoms with Crippen LogP contribution in [-0.4, -0.2) is 62.3 Å². The quantitative estimate of drug-likeness (QED) is 0.423. The molecule has 0 aromatic carbocycles. The van der Waals surface area contributed by atoms with Gasteiger partial charge in [0.15, 0.2) is 5.96 Å². The SMILES string of the molecule is CN=C(NCC1CN2CCCC2CO1)NC1CCCC1.I. The van der Waals surface area contributed by atoms with Gasteiger partial charge in [-0.3, -0.25) is 9.89 Å². The summed E-state index contributed by atoms with van der Waals surface area (Å²) < 4.78 is 5.97. The number of hydrogen-bond donors (Lipinski definition) is 2. The number of guanidine groups is 1. The fourth-order valence-corrected chi connectivity index (χ4v) is 3.68. The van der Waals surface area contributed by atoms with Gasteiger partial charge in [0.25, 0.3) is 0 Å². The first-order chi connectivity index (χ1) is 9.85. The molecule has 0 aromatic heterocycles. The summed E-state index contributed by atoms with van der Waals surface area (Å²) >= 11 is 0. The van der Waals surface area contributed by atoms with Crippen molar-refractivity contribution in [3.05, 3.63) is 0 Å². The lowest BCUT2D eigenvalue weighted by Crippen LogP contribution is -2.52. The summed E-state index contributed by atoms with van der Waals surface area (Å²) in [5, 5.41) is 6.95. The lowest BCUT2D eigenvalue weighted by molar-refractivity contribution is -0.0453. The van der Waals surface area contributed by atoms with Crippen LogP contribution < -0.4 is 10.6 Å². The van der Waals surface area contributed by atoms with Crippen molar-refractivity contribution in [3.8, 4) is 0 Å². The third-order valence-corrected chi connectivity index (χ3v) is 4.88. The van der Waals surface area contributed by atoms with E-state index in [-0.39, 0.29) is 24.0 Å². The molecule has 0 amide bonds. The minimum absolute atomic E-state index is 0. The summed E-state index contributed by atoms with van der Waals surface area (Å²) in [6.07, 6.45) is 8.18. The number of morpholine rings is 1. The van der Waals surface area contributed by atoms with Gasteiger partial charge in [-0.25, -0.2) is 0 Å². The zero-order valence-corrected chi connectivity index (χ0v) is 15.3. The maximum Gasteiger partial charge on any atom is 0.191 e. The molecule has 1 saturated carbocycles. The molecule has 6 heteroatoms. The molecule has 2 heterocycles. The van der Waals surface area contributed by atoms with E-state index in [2.05, 4.69) is 20.5 Å². The van der Waals surface area contributed by atoms with Crippen molar-refractivity contribution in [2.75, 3.05) is 33.3 Å². The first kappa shape index (κ1) is 17.3. The summed E-state index contributed by atoms with van der Waals surface area (Å²) in [4.78, 5) is 6.91. The van der Waals surface area contributed by atoms with Gasteiger partial charge >= 0.3 is 0 Å². The molecule has 2 N–H and O–H groups in total. The van der Waals surface area contributed by atoms with Gasteiger partial charge in [-0.15, -0.1) is 24.0 Å². The molecule has 2 atom stereocenters. The first-order valence-electron chi connectivity index (χ1n) is 8.18. The van der Waals surface area contributed by atoms with Crippen LogP contribution >= 0.6 is 24.0 Å². The number of aliphatic imine (C=N–C) groups is 1. The molecule has 0 radical (unpaired) electrons. The van der Waals surface area contributed by atoms with Gasteiger partial charge in [0.05, 0.1) is 12.7 Å². The fourth-order valence-electron chi connectivity index (χ4n) is 3.68. The van der Waals surface area contributed by atoms with Crippen LogP contribution in [0.5, 0.6) is 0 Å². The van der Waals surface area contributed by atoms with E-state index in [0.717, 1.165) is 25.7 Å². The summed E-state index contributed by atoms with van der Waals surface area (Å²) in [6.45, 7) is 4.08. The van der Waals surface area contributed by atoms with Crippen molar-refractivity contribution in [1.82, 2.24) is 15.5 Å². The molecule has 21 heavy (non-hydrogen) atoms. The van der Waals surface area contributed by atoms with Crippen LogP contribution in [0.1, 0.15) is 38.5 Å². The van der Waals surface area contributed by atoms with E-state index in [1.807, 2.05) is 7.05 Å². The molecule has 3 rings (SSSR count). The second-order valence-corrected chi connectivity index (χ2v) is 6.33. The summed E-state index contributed by atoms with van der Waals surface area (Å²) in [5.41, 5.74) is 0. The summed E-state index contributed by atoms with van der Waals surface area (Å²) in [5.74, 6) is 0.934. The first-order valence-corrected chi connectivity index (χ1v) is 8.18. The molecule has 122 valence electrons. The Morgan fingerprint density at radius 2 is 2.05 bits per heavy atom. The largest absolute Gasteiger partial charge is 0.373 e. The van der Waals surface area contributed by atoms with Crippen LogP contribution in [0.15, 0.2) is 4.99 Å². The van der Waals surface area contributed by atoms with E-state index in [1.54, 1.807) is 0 Å². The predicted octanol–water partition coefficient (Wildman–Crippen LogP) is 1.58. The average molecular weight is 408 g/mol. The van der Waals surface area contributed by atoms with E-state index in [1.165, 1.54) is 45.1 Å². The fraction of sp³-hybridized carbons (Fsp3) is 0.933. The molecule has 0 spiro atoms. The van der Waals surface area contributed by atoms with Gasteiger partial charge in [-0.2, -0.15) is 0 Å². The Bertz CT molecular complexity index is 347. The smallest absolute Gasteiger partial charge is 0.191 e. The number of ether oxygens (including phenoxy) is 1. The number of fused-ring (bicyclic) bond motifs is 1. The average Bonchev–Trinajstić information content (AvgIpc) is 3.13. The third-order valence-electron chi connectivity index (χ3n) is 4.88.